The second-order valence-electron chi connectivity index (χ2n) is 4.19. The minimum absolute atomic E-state index is 0.107. The van der Waals surface area contributed by atoms with Crippen LogP contribution in [0.15, 0.2) is 34.6 Å². The molecule has 98 valence electrons. The number of thiophene rings is 2. The molecule has 0 atom stereocenters. The second kappa shape index (κ2) is 4.12. The van der Waals surface area contributed by atoms with Crippen molar-refractivity contribution in [3.05, 3.63) is 40.1 Å². The molecule has 2 N–H and O–H groups in total. The Balaban J connectivity index is 2.05. The molecule has 0 bridgehead atoms. The number of aromatic amines is 1. The van der Waals surface area contributed by atoms with E-state index in [-0.39, 0.29) is 11.3 Å². The van der Waals surface area contributed by atoms with Crippen molar-refractivity contribution in [2.45, 2.75) is 0 Å². The van der Waals surface area contributed by atoms with Crippen LogP contribution in [0.25, 0.3) is 31.1 Å². The summed E-state index contributed by atoms with van der Waals surface area (Å²) in [6, 6.07) is 5.34. The number of aromatic hydroxyl groups is 1. The number of hydrogen-bond acceptors (Lipinski definition) is 6. The lowest BCUT2D eigenvalue weighted by molar-refractivity contribution is 0.485. The number of aromatic nitrogens is 3. The van der Waals surface area contributed by atoms with Crippen molar-refractivity contribution in [3.8, 4) is 16.5 Å². The zero-order chi connectivity index (χ0) is 13.7. The standard InChI is InChI=1S/C13H7N3O2S2/c17-8-6-2-1-4-14-13(6)20-10(8)11-15-7-3-5-19-9(7)12(18)16-11/h1-5,17H,(H,15,16,18). The van der Waals surface area contributed by atoms with Crippen LogP contribution in [0.3, 0.4) is 0 Å². The Hall–Kier alpha value is -2.25. The molecule has 0 aromatic carbocycles. The summed E-state index contributed by atoms with van der Waals surface area (Å²) in [6.07, 6.45) is 1.67. The Morgan fingerprint density at radius 3 is 3.05 bits per heavy atom. The van der Waals surface area contributed by atoms with E-state index in [0.29, 0.717) is 31.1 Å². The highest BCUT2D eigenvalue weighted by atomic mass is 32.1. The van der Waals surface area contributed by atoms with Gasteiger partial charge in [0.25, 0.3) is 5.56 Å². The van der Waals surface area contributed by atoms with E-state index in [1.165, 1.54) is 22.7 Å². The van der Waals surface area contributed by atoms with Gasteiger partial charge in [0, 0.05) is 6.20 Å². The molecule has 5 nitrogen and oxygen atoms in total. The Morgan fingerprint density at radius 2 is 2.20 bits per heavy atom. The summed E-state index contributed by atoms with van der Waals surface area (Å²) in [6.45, 7) is 0. The van der Waals surface area contributed by atoms with Gasteiger partial charge in [-0.1, -0.05) is 0 Å². The number of hydrogen-bond donors (Lipinski definition) is 2. The first-order valence-electron chi connectivity index (χ1n) is 5.78. The lowest BCUT2D eigenvalue weighted by Crippen LogP contribution is -2.06. The summed E-state index contributed by atoms with van der Waals surface area (Å²) in [7, 11) is 0. The van der Waals surface area contributed by atoms with Crippen LogP contribution in [0.5, 0.6) is 5.75 Å². The summed E-state index contributed by atoms with van der Waals surface area (Å²) in [5, 5.41) is 12.8. The van der Waals surface area contributed by atoms with Gasteiger partial charge in [-0.05, 0) is 23.6 Å². The van der Waals surface area contributed by atoms with Gasteiger partial charge >= 0.3 is 0 Å². The van der Waals surface area contributed by atoms with Gasteiger partial charge in [0.2, 0.25) is 0 Å². The number of nitrogens with one attached hydrogen (secondary N) is 1. The Kier molecular flexibility index (Phi) is 2.38. The topological polar surface area (TPSA) is 78.9 Å². The molecule has 0 spiro atoms. The minimum Gasteiger partial charge on any atom is -0.506 e. The molecule has 4 aromatic heterocycles. The second-order valence-corrected chi connectivity index (χ2v) is 6.10. The highest BCUT2D eigenvalue weighted by Crippen LogP contribution is 2.41. The zero-order valence-corrected chi connectivity index (χ0v) is 11.6. The minimum atomic E-state index is -0.190. The Labute approximate surface area is 120 Å². The van der Waals surface area contributed by atoms with Crippen LogP contribution in [-0.4, -0.2) is 20.1 Å². The summed E-state index contributed by atoms with van der Waals surface area (Å²) in [5.74, 6) is 0.484. The monoisotopic (exact) mass is 301 g/mol. The van der Waals surface area contributed by atoms with Crippen LogP contribution in [0.1, 0.15) is 0 Å². The van der Waals surface area contributed by atoms with Gasteiger partial charge in [0.15, 0.2) is 5.82 Å². The van der Waals surface area contributed by atoms with Crippen molar-refractivity contribution in [2.24, 2.45) is 0 Å². The molecule has 0 fully saturated rings. The first-order chi connectivity index (χ1) is 9.74. The van der Waals surface area contributed by atoms with Gasteiger partial charge in [0.05, 0.1) is 10.9 Å². The SMILES string of the molecule is O=c1[nH]c(-c2sc3ncccc3c2O)nc2ccsc12. The summed E-state index contributed by atoms with van der Waals surface area (Å²) in [4.78, 5) is 24.6. The van der Waals surface area contributed by atoms with E-state index >= 15 is 0 Å². The molecule has 7 heteroatoms. The fourth-order valence-corrected chi connectivity index (χ4v) is 3.77. The van der Waals surface area contributed by atoms with Gasteiger partial charge in [0.1, 0.15) is 20.2 Å². The average molecular weight is 301 g/mol. The maximum Gasteiger partial charge on any atom is 0.269 e. The van der Waals surface area contributed by atoms with Crippen molar-refractivity contribution in [1.82, 2.24) is 15.0 Å². The molecule has 0 aliphatic rings. The predicted octanol–water partition coefficient (Wildman–Crippen LogP) is 2.97. The van der Waals surface area contributed by atoms with Crippen molar-refractivity contribution < 1.29 is 5.11 Å². The zero-order valence-electron chi connectivity index (χ0n) is 9.95. The highest BCUT2D eigenvalue weighted by Gasteiger charge is 2.16. The van der Waals surface area contributed by atoms with Gasteiger partial charge in [-0.2, -0.15) is 0 Å². The molecule has 0 radical (unpaired) electrons. The molecule has 20 heavy (non-hydrogen) atoms. The Bertz CT molecular complexity index is 1000. The van der Waals surface area contributed by atoms with E-state index in [4.69, 9.17) is 0 Å². The predicted molar refractivity (Wildman–Crippen MR) is 80.5 cm³/mol. The van der Waals surface area contributed by atoms with Gasteiger partial charge < -0.3 is 10.1 Å². The Morgan fingerprint density at radius 1 is 1.30 bits per heavy atom. The van der Waals surface area contributed by atoms with Crippen LogP contribution in [0.2, 0.25) is 0 Å². The van der Waals surface area contributed by atoms with Crippen LogP contribution in [-0.2, 0) is 0 Å². The van der Waals surface area contributed by atoms with Crippen molar-refractivity contribution >= 4 is 43.1 Å². The summed E-state index contributed by atoms with van der Waals surface area (Å²) >= 11 is 2.66. The van der Waals surface area contributed by atoms with Crippen LogP contribution < -0.4 is 5.56 Å². The van der Waals surface area contributed by atoms with Gasteiger partial charge in [-0.15, -0.1) is 22.7 Å². The fraction of sp³-hybridized carbons (Fsp3) is 0. The third-order valence-corrected chi connectivity index (χ3v) is 4.98. The molecular formula is C13H7N3O2S2. The maximum atomic E-state index is 12.0. The smallest absolute Gasteiger partial charge is 0.269 e. The first kappa shape index (κ1) is 11.6. The molecule has 0 aliphatic heterocycles. The van der Waals surface area contributed by atoms with E-state index in [2.05, 4.69) is 15.0 Å². The van der Waals surface area contributed by atoms with Crippen LogP contribution in [0, 0.1) is 0 Å². The van der Waals surface area contributed by atoms with Crippen LogP contribution >= 0.6 is 22.7 Å². The lowest BCUT2D eigenvalue weighted by atomic mass is 10.3. The summed E-state index contributed by atoms with van der Waals surface area (Å²) in [5.41, 5.74) is 0.448. The lowest BCUT2D eigenvalue weighted by Gasteiger charge is -1.98. The number of fused-ring (bicyclic) bond motifs is 2. The van der Waals surface area contributed by atoms with Gasteiger partial charge in [-0.25, -0.2) is 9.97 Å². The maximum absolute atomic E-state index is 12.0. The van der Waals surface area contributed by atoms with Crippen molar-refractivity contribution in [2.75, 3.05) is 0 Å². The van der Waals surface area contributed by atoms with E-state index in [0.717, 1.165) is 0 Å². The number of rotatable bonds is 1. The van der Waals surface area contributed by atoms with E-state index in [1.54, 1.807) is 24.4 Å². The van der Waals surface area contributed by atoms with Crippen LogP contribution in [0.4, 0.5) is 0 Å². The fourth-order valence-electron chi connectivity index (χ4n) is 2.06. The first-order valence-corrected chi connectivity index (χ1v) is 7.48. The van der Waals surface area contributed by atoms with E-state index in [1.807, 2.05) is 5.38 Å². The molecular weight excluding hydrogens is 294 g/mol. The number of H-pyrrole nitrogens is 1. The average Bonchev–Trinajstić information content (AvgIpc) is 3.04. The quantitative estimate of drug-likeness (QED) is 0.566. The molecule has 4 rings (SSSR count). The van der Waals surface area contributed by atoms with E-state index < -0.39 is 0 Å². The molecule has 4 aromatic rings. The molecule has 0 saturated carbocycles. The number of nitrogens with zero attached hydrogens (tertiary/aromatic N) is 2. The normalized spacial score (nSPS) is 11.4. The molecule has 4 heterocycles. The molecule has 0 saturated heterocycles. The van der Waals surface area contributed by atoms with Gasteiger partial charge in [-0.3, -0.25) is 4.79 Å². The molecule has 0 amide bonds. The molecule has 0 aliphatic carbocycles. The summed E-state index contributed by atoms with van der Waals surface area (Å²) < 4.78 is 0.590. The molecule has 0 unspecified atom stereocenters. The largest absolute Gasteiger partial charge is 0.506 e. The van der Waals surface area contributed by atoms with Crippen molar-refractivity contribution in [3.63, 3.8) is 0 Å². The van der Waals surface area contributed by atoms with Crippen molar-refractivity contribution in [1.29, 1.82) is 0 Å². The number of pyridine rings is 1. The van der Waals surface area contributed by atoms with E-state index in [9.17, 15) is 9.90 Å². The highest BCUT2D eigenvalue weighted by molar-refractivity contribution is 7.22. The third kappa shape index (κ3) is 1.57. The third-order valence-electron chi connectivity index (χ3n) is 2.97.